The average molecular weight is 445 g/mol. The zero-order chi connectivity index (χ0) is 23.5. The Morgan fingerprint density at radius 1 is 0.848 bits per heavy atom. The van der Waals surface area contributed by atoms with E-state index in [1.54, 1.807) is 55.6 Å². The maximum atomic E-state index is 12.9. The molecule has 33 heavy (non-hydrogen) atoms. The predicted octanol–water partition coefficient (Wildman–Crippen LogP) is 4.43. The van der Waals surface area contributed by atoms with Crippen molar-refractivity contribution in [3.8, 4) is 22.6 Å². The van der Waals surface area contributed by atoms with Crippen molar-refractivity contribution < 1.29 is 28.6 Å². The van der Waals surface area contributed by atoms with Crippen LogP contribution in [0.2, 0.25) is 0 Å². The molecule has 0 fully saturated rings. The van der Waals surface area contributed by atoms with Crippen LogP contribution in [0.25, 0.3) is 22.1 Å². The predicted molar refractivity (Wildman–Crippen MR) is 122 cm³/mol. The first kappa shape index (κ1) is 21.6. The van der Waals surface area contributed by atoms with Gasteiger partial charge in [0.05, 0.1) is 25.3 Å². The van der Waals surface area contributed by atoms with Crippen LogP contribution in [-0.4, -0.2) is 31.2 Å². The van der Waals surface area contributed by atoms with Crippen molar-refractivity contribution in [3.63, 3.8) is 0 Å². The third-order valence-corrected chi connectivity index (χ3v) is 5.06. The number of carbonyl (C=O) groups excluding carboxylic acids is 1. The van der Waals surface area contributed by atoms with E-state index in [2.05, 4.69) is 5.32 Å². The molecule has 0 aliphatic heterocycles. The lowest BCUT2D eigenvalue weighted by Gasteiger charge is -2.12. The molecule has 8 heteroatoms. The number of hydrogen-bond donors (Lipinski definition) is 2. The zero-order valence-corrected chi connectivity index (χ0v) is 17.7. The van der Waals surface area contributed by atoms with Gasteiger partial charge in [-0.25, -0.2) is 4.79 Å². The number of nitrogens with one attached hydrogen (secondary N) is 1. The number of carbonyl (C=O) groups is 2. The molecule has 4 aromatic rings. The summed E-state index contributed by atoms with van der Waals surface area (Å²) in [6, 6.07) is 17.7. The summed E-state index contributed by atoms with van der Waals surface area (Å²) in [7, 11) is 3.08. The van der Waals surface area contributed by atoms with Gasteiger partial charge in [-0.3, -0.25) is 9.59 Å². The number of fused-ring (bicyclic) bond motifs is 1. The molecular formula is C25H19NO7. The summed E-state index contributed by atoms with van der Waals surface area (Å²) in [6.45, 7) is 0. The second-order valence-corrected chi connectivity index (χ2v) is 7.09. The summed E-state index contributed by atoms with van der Waals surface area (Å²) in [5.74, 6) is -1.12. The topological polar surface area (TPSA) is 115 Å². The van der Waals surface area contributed by atoms with Crippen LogP contribution in [0.15, 0.2) is 75.9 Å². The Balaban J connectivity index is 1.85. The van der Waals surface area contributed by atoms with E-state index in [1.807, 2.05) is 12.1 Å². The molecule has 1 amide bonds. The fourth-order valence-corrected chi connectivity index (χ4v) is 3.34. The normalized spacial score (nSPS) is 10.6. The minimum absolute atomic E-state index is 0.0287. The van der Waals surface area contributed by atoms with Crippen LogP contribution in [-0.2, 0) is 0 Å². The van der Waals surface area contributed by atoms with E-state index < -0.39 is 23.1 Å². The summed E-state index contributed by atoms with van der Waals surface area (Å²) >= 11 is 0. The van der Waals surface area contributed by atoms with Crippen LogP contribution >= 0.6 is 0 Å². The smallest absolute Gasteiger partial charge is 0.371 e. The highest BCUT2D eigenvalue weighted by Crippen LogP contribution is 2.31. The first-order chi connectivity index (χ1) is 15.9. The summed E-state index contributed by atoms with van der Waals surface area (Å²) in [6.07, 6.45) is 0. The standard InChI is InChI=1S/C25H19NO7/c1-31-17-7-3-14(4-8-17)16-11-19-21(27)13-22(25(29)30)33-23(19)20(12-16)26-24(28)15-5-9-18(32-2)10-6-15/h3-13H,1-2H3,(H,26,28)(H,29,30). The van der Waals surface area contributed by atoms with E-state index in [9.17, 15) is 19.5 Å². The number of carboxylic acids is 1. The molecule has 0 radical (unpaired) electrons. The molecule has 1 aromatic heterocycles. The first-order valence-corrected chi connectivity index (χ1v) is 9.84. The molecule has 0 aliphatic carbocycles. The molecule has 0 unspecified atom stereocenters. The SMILES string of the molecule is COc1ccc(C(=O)Nc2cc(-c3ccc(OC)cc3)cc3c(=O)cc(C(=O)O)oc23)cc1. The lowest BCUT2D eigenvalue weighted by Crippen LogP contribution is -2.14. The number of anilines is 1. The number of carboxylic acid groups (broad SMARTS) is 1. The van der Waals surface area contributed by atoms with Crippen LogP contribution in [0.3, 0.4) is 0 Å². The molecule has 1 heterocycles. The number of amides is 1. The van der Waals surface area contributed by atoms with Crippen molar-refractivity contribution in [1.82, 2.24) is 0 Å². The third-order valence-electron chi connectivity index (χ3n) is 5.06. The second-order valence-electron chi connectivity index (χ2n) is 7.09. The van der Waals surface area contributed by atoms with E-state index in [0.717, 1.165) is 11.6 Å². The maximum absolute atomic E-state index is 12.9. The number of aromatic carboxylic acids is 1. The fraction of sp³-hybridized carbons (Fsp3) is 0.0800. The maximum Gasteiger partial charge on any atom is 0.371 e. The summed E-state index contributed by atoms with van der Waals surface area (Å²) in [4.78, 5) is 37.0. The van der Waals surface area contributed by atoms with Crippen molar-refractivity contribution in [1.29, 1.82) is 0 Å². The van der Waals surface area contributed by atoms with E-state index in [4.69, 9.17) is 13.9 Å². The highest BCUT2D eigenvalue weighted by atomic mass is 16.5. The quantitative estimate of drug-likeness (QED) is 0.451. The van der Waals surface area contributed by atoms with Gasteiger partial charge in [0.1, 0.15) is 11.5 Å². The number of rotatable bonds is 6. The Morgan fingerprint density at radius 2 is 1.45 bits per heavy atom. The molecule has 0 saturated heterocycles. The molecule has 0 saturated carbocycles. The Labute approximate surface area is 188 Å². The second kappa shape index (κ2) is 8.88. The molecule has 166 valence electrons. The van der Waals surface area contributed by atoms with Gasteiger partial charge < -0.3 is 24.3 Å². The average Bonchev–Trinajstić information content (AvgIpc) is 2.84. The van der Waals surface area contributed by atoms with Gasteiger partial charge in [-0.1, -0.05) is 12.1 Å². The van der Waals surface area contributed by atoms with Gasteiger partial charge in [0.25, 0.3) is 5.91 Å². The zero-order valence-electron chi connectivity index (χ0n) is 17.7. The van der Waals surface area contributed by atoms with Crippen molar-refractivity contribution in [2.24, 2.45) is 0 Å². The fourth-order valence-electron chi connectivity index (χ4n) is 3.34. The van der Waals surface area contributed by atoms with E-state index in [0.29, 0.717) is 22.6 Å². The Bertz CT molecular complexity index is 1400. The van der Waals surface area contributed by atoms with Crippen molar-refractivity contribution in [2.75, 3.05) is 19.5 Å². The van der Waals surface area contributed by atoms with Crippen LogP contribution in [0.5, 0.6) is 11.5 Å². The van der Waals surface area contributed by atoms with Crippen LogP contribution in [0.1, 0.15) is 20.9 Å². The minimum Gasteiger partial charge on any atom is -0.497 e. The molecular weight excluding hydrogens is 426 g/mol. The van der Waals surface area contributed by atoms with Crippen molar-refractivity contribution >= 4 is 28.5 Å². The molecule has 0 spiro atoms. The van der Waals surface area contributed by atoms with Crippen LogP contribution in [0.4, 0.5) is 5.69 Å². The molecule has 3 aromatic carbocycles. The van der Waals surface area contributed by atoms with Crippen LogP contribution < -0.4 is 20.2 Å². The third kappa shape index (κ3) is 4.40. The van der Waals surface area contributed by atoms with Gasteiger partial charge in [-0.2, -0.15) is 0 Å². The van der Waals surface area contributed by atoms with Crippen molar-refractivity contribution in [2.45, 2.75) is 0 Å². The lowest BCUT2D eigenvalue weighted by molar-refractivity contribution is 0.0663. The molecule has 4 rings (SSSR count). The van der Waals surface area contributed by atoms with E-state index in [1.165, 1.54) is 7.11 Å². The minimum atomic E-state index is -1.39. The molecule has 0 atom stereocenters. The summed E-state index contributed by atoms with van der Waals surface area (Å²) < 4.78 is 15.8. The first-order valence-electron chi connectivity index (χ1n) is 9.84. The number of benzene rings is 3. The monoisotopic (exact) mass is 445 g/mol. The number of ether oxygens (including phenoxy) is 2. The number of hydrogen-bond acceptors (Lipinski definition) is 6. The van der Waals surface area contributed by atoms with Gasteiger partial charge in [0.2, 0.25) is 5.76 Å². The molecule has 8 nitrogen and oxygen atoms in total. The Kier molecular flexibility index (Phi) is 5.82. The summed E-state index contributed by atoms with van der Waals surface area (Å²) in [5, 5.41) is 12.2. The van der Waals surface area contributed by atoms with Gasteiger partial charge >= 0.3 is 5.97 Å². The van der Waals surface area contributed by atoms with Crippen molar-refractivity contribution in [3.05, 3.63) is 88.3 Å². The number of methoxy groups -OCH3 is 2. The Morgan fingerprint density at radius 3 is 2.03 bits per heavy atom. The van der Waals surface area contributed by atoms with Gasteiger partial charge in [0, 0.05) is 11.6 Å². The highest BCUT2D eigenvalue weighted by Gasteiger charge is 2.18. The highest BCUT2D eigenvalue weighted by molar-refractivity contribution is 6.09. The molecule has 0 bridgehead atoms. The largest absolute Gasteiger partial charge is 0.497 e. The molecule has 0 aliphatic rings. The van der Waals surface area contributed by atoms with Gasteiger partial charge in [0.15, 0.2) is 11.0 Å². The molecule has 2 N–H and O–H groups in total. The van der Waals surface area contributed by atoms with Gasteiger partial charge in [-0.15, -0.1) is 0 Å². The van der Waals surface area contributed by atoms with E-state index >= 15 is 0 Å². The van der Waals surface area contributed by atoms with Gasteiger partial charge in [-0.05, 0) is 59.7 Å². The van der Waals surface area contributed by atoms with E-state index in [-0.39, 0.29) is 16.7 Å². The lowest BCUT2D eigenvalue weighted by atomic mass is 10.0. The van der Waals surface area contributed by atoms with Crippen LogP contribution in [0, 0.1) is 0 Å². The Hall–Kier alpha value is -4.59. The summed E-state index contributed by atoms with van der Waals surface area (Å²) in [5.41, 5.74) is 1.34.